The molecule has 0 spiro atoms. The Morgan fingerprint density at radius 3 is 2.60 bits per heavy atom. The van der Waals surface area contributed by atoms with Gasteiger partial charge >= 0.3 is 0 Å². The lowest BCUT2D eigenvalue weighted by Gasteiger charge is -2.11. The standard InChI is InChI=1S/C22H19FN4O3/c1-12-8-17(16-6-5-7-19(30-4)21(16)23)26-18(9-12)20(14(3)25-26)22-13(2)10-15(11-24-22)27(28)29/h5-11H,1-4H3. The maximum Gasteiger partial charge on any atom is 0.287 e. The summed E-state index contributed by atoms with van der Waals surface area (Å²) in [7, 11) is 1.42. The molecule has 0 fully saturated rings. The number of aromatic nitrogens is 3. The largest absolute Gasteiger partial charge is 0.494 e. The zero-order chi connectivity index (χ0) is 21.6. The fraction of sp³-hybridized carbons (Fsp3) is 0.182. The molecule has 0 bridgehead atoms. The predicted octanol–water partition coefficient (Wildman–Crippen LogP) is 5.04. The molecule has 3 aromatic heterocycles. The van der Waals surface area contributed by atoms with Crippen LogP contribution in [0, 0.1) is 36.7 Å². The molecule has 0 amide bonds. The lowest BCUT2D eigenvalue weighted by atomic mass is 10.0. The Kier molecular flexibility index (Phi) is 4.69. The molecule has 0 saturated heterocycles. The number of aryl methyl sites for hydroxylation is 3. The smallest absolute Gasteiger partial charge is 0.287 e. The lowest BCUT2D eigenvalue weighted by molar-refractivity contribution is -0.385. The third-order valence-corrected chi connectivity index (χ3v) is 5.02. The number of hydrogen-bond donors (Lipinski definition) is 0. The highest BCUT2D eigenvalue weighted by molar-refractivity contribution is 5.84. The number of methoxy groups -OCH3 is 1. The van der Waals surface area contributed by atoms with E-state index in [1.54, 1.807) is 29.6 Å². The van der Waals surface area contributed by atoms with Crippen LogP contribution in [-0.4, -0.2) is 26.6 Å². The van der Waals surface area contributed by atoms with E-state index >= 15 is 0 Å². The fourth-order valence-electron chi connectivity index (χ4n) is 3.67. The number of nitro groups is 1. The summed E-state index contributed by atoms with van der Waals surface area (Å²) < 4.78 is 21.8. The average Bonchev–Trinajstić information content (AvgIpc) is 3.03. The molecule has 0 aliphatic heterocycles. The maximum absolute atomic E-state index is 15.0. The molecule has 3 heterocycles. The van der Waals surface area contributed by atoms with Gasteiger partial charge in [-0.1, -0.05) is 6.07 Å². The molecule has 0 aliphatic carbocycles. The van der Waals surface area contributed by atoms with Crippen LogP contribution in [0.1, 0.15) is 16.8 Å². The van der Waals surface area contributed by atoms with Crippen LogP contribution in [0.3, 0.4) is 0 Å². The topological polar surface area (TPSA) is 82.6 Å². The molecular formula is C22H19FN4O3. The van der Waals surface area contributed by atoms with Crippen LogP contribution in [0.2, 0.25) is 0 Å². The molecule has 0 saturated carbocycles. The third-order valence-electron chi connectivity index (χ3n) is 5.02. The van der Waals surface area contributed by atoms with Crippen LogP contribution >= 0.6 is 0 Å². The predicted molar refractivity (Wildman–Crippen MR) is 111 cm³/mol. The highest BCUT2D eigenvalue weighted by atomic mass is 19.1. The van der Waals surface area contributed by atoms with E-state index in [0.29, 0.717) is 28.2 Å². The number of nitrogens with zero attached hydrogens (tertiary/aromatic N) is 4. The molecule has 4 aromatic rings. The van der Waals surface area contributed by atoms with Gasteiger partial charge in [-0.05, 0) is 56.2 Å². The molecule has 152 valence electrons. The minimum atomic E-state index is -0.472. The van der Waals surface area contributed by atoms with Crippen molar-refractivity contribution in [2.24, 2.45) is 0 Å². The van der Waals surface area contributed by atoms with Gasteiger partial charge in [-0.2, -0.15) is 5.10 Å². The molecule has 7 nitrogen and oxygen atoms in total. The van der Waals surface area contributed by atoms with Crippen LogP contribution in [0.25, 0.3) is 28.0 Å². The van der Waals surface area contributed by atoms with E-state index in [1.165, 1.54) is 19.4 Å². The Bertz CT molecular complexity index is 1310. The van der Waals surface area contributed by atoms with Crippen molar-refractivity contribution in [3.8, 4) is 28.3 Å². The van der Waals surface area contributed by atoms with Gasteiger partial charge in [0.2, 0.25) is 0 Å². The zero-order valence-electron chi connectivity index (χ0n) is 16.9. The van der Waals surface area contributed by atoms with Gasteiger partial charge in [0, 0.05) is 17.2 Å². The molecule has 8 heteroatoms. The van der Waals surface area contributed by atoms with Crippen molar-refractivity contribution in [3.05, 3.63) is 75.3 Å². The van der Waals surface area contributed by atoms with Gasteiger partial charge in [0.25, 0.3) is 5.69 Å². The van der Waals surface area contributed by atoms with Gasteiger partial charge in [-0.15, -0.1) is 0 Å². The van der Waals surface area contributed by atoms with Crippen molar-refractivity contribution in [1.29, 1.82) is 0 Å². The van der Waals surface area contributed by atoms with Crippen molar-refractivity contribution in [3.63, 3.8) is 0 Å². The summed E-state index contributed by atoms with van der Waals surface area (Å²) in [6.07, 6.45) is 1.24. The first-order chi connectivity index (χ1) is 14.3. The van der Waals surface area contributed by atoms with Crippen LogP contribution in [0.15, 0.2) is 42.6 Å². The first-order valence-corrected chi connectivity index (χ1v) is 9.26. The SMILES string of the molecule is COc1cccc(-c2cc(C)cc3c(-c4ncc([N+](=O)[O-])cc4C)c(C)nn23)c1F. The normalized spacial score (nSPS) is 11.1. The quantitative estimate of drug-likeness (QED) is 0.350. The molecular weight excluding hydrogens is 387 g/mol. The second-order valence-corrected chi connectivity index (χ2v) is 7.11. The van der Waals surface area contributed by atoms with Gasteiger partial charge in [0.15, 0.2) is 11.6 Å². The number of halogens is 1. The van der Waals surface area contributed by atoms with E-state index in [2.05, 4.69) is 10.1 Å². The Balaban J connectivity index is 2.01. The van der Waals surface area contributed by atoms with Gasteiger partial charge in [0.05, 0.1) is 34.6 Å². The Hall–Kier alpha value is -3.81. The van der Waals surface area contributed by atoms with Gasteiger partial charge in [-0.3, -0.25) is 10.1 Å². The molecule has 30 heavy (non-hydrogen) atoms. The molecule has 0 radical (unpaired) electrons. The summed E-state index contributed by atoms with van der Waals surface area (Å²) in [5, 5.41) is 15.7. The summed E-state index contributed by atoms with van der Waals surface area (Å²) in [4.78, 5) is 14.9. The van der Waals surface area contributed by atoms with Crippen molar-refractivity contribution in [1.82, 2.24) is 14.6 Å². The van der Waals surface area contributed by atoms with E-state index in [-0.39, 0.29) is 11.4 Å². The molecule has 0 unspecified atom stereocenters. The van der Waals surface area contributed by atoms with Crippen molar-refractivity contribution in [2.45, 2.75) is 20.8 Å². The number of pyridine rings is 2. The highest BCUT2D eigenvalue weighted by Gasteiger charge is 2.21. The zero-order valence-corrected chi connectivity index (χ0v) is 16.9. The number of ether oxygens (including phenoxy) is 1. The first-order valence-electron chi connectivity index (χ1n) is 9.26. The number of fused-ring (bicyclic) bond motifs is 1. The van der Waals surface area contributed by atoms with E-state index in [9.17, 15) is 14.5 Å². The van der Waals surface area contributed by atoms with Crippen molar-refractivity contribution < 1.29 is 14.1 Å². The number of benzene rings is 1. The fourth-order valence-corrected chi connectivity index (χ4v) is 3.67. The van der Waals surface area contributed by atoms with Crippen molar-refractivity contribution >= 4 is 11.2 Å². The van der Waals surface area contributed by atoms with Gasteiger partial charge < -0.3 is 4.74 Å². The number of hydrogen-bond acceptors (Lipinski definition) is 5. The van der Waals surface area contributed by atoms with Gasteiger partial charge in [0.1, 0.15) is 6.20 Å². The molecule has 4 rings (SSSR count). The minimum Gasteiger partial charge on any atom is -0.494 e. The summed E-state index contributed by atoms with van der Waals surface area (Å²) >= 11 is 0. The first kappa shape index (κ1) is 19.5. The van der Waals surface area contributed by atoms with E-state index in [0.717, 1.165) is 16.6 Å². The second kappa shape index (κ2) is 7.22. The third kappa shape index (κ3) is 3.06. The van der Waals surface area contributed by atoms with Crippen LogP contribution < -0.4 is 4.74 Å². The average molecular weight is 406 g/mol. The second-order valence-electron chi connectivity index (χ2n) is 7.11. The highest BCUT2D eigenvalue weighted by Crippen LogP contribution is 2.35. The maximum atomic E-state index is 15.0. The Morgan fingerprint density at radius 2 is 1.93 bits per heavy atom. The molecule has 0 aliphatic rings. The van der Waals surface area contributed by atoms with Gasteiger partial charge in [-0.25, -0.2) is 13.9 Å². The molecule has 0 atom stereocenters. The van der Waals surface area contributed by atoms with Crippen LogP contribution in [-0.2, 0) is 0 Å². The number of rotatable bonds is 4. The van der Waals surface area contributed by atoms with E-state index < -0.39 is 10.7 Å². The summed E-state index contributed by atoms with van der Waals surface area (Å²) in [5.74, 6) is -0.314. The summed E-state index contributed by atoms with van der Waals surface area (Å²) in [6, 6.07) is 10.3. The van der Waals surface area contributed by atoms with Crippen LogP contribution in [0.5, 0.6) is 5.75 Å². The molecule has 0 N–H and O–H groups in total. The van der Waals surface area contributed by atoms with Crippen molar-refractivity contribution in [2.75, 3.05) is 7.11 Å². The van der Waals surface area contributed by atoms with E-state index in [1.807, 2.05) is 26.0 Å². The molecule has 1 aromatic carbocycles. The minimum absolute atomic E-state index is 0.0688. The Morgan fingerprint density at radius 1 is 1.17 bits per heavy atom. The lowest BCUT2D eigenvalue weighted by Crippen LogP contribution is -1.99. The summed E-state index contributed by atoms with van der Waals surface area (Å²) in [6.45, 7) is 5.53. The van der Waals surface area contributed by atoms with E-state index in [4.69, 9.17) is 4.74 Å². The monoisotopic (exact) mass is 406 g/mol. The Labute approximate surface area is 171 Å². The van der Waals surface area contributed by atoms with Crippen LogP contribution in [0.4, 0.5) is 10.1 Å². The summed E-state index contributed by atoms with van der Waals surface area (Å²) in [5.41, 5.74) is 5.26.